The zero-order valence-corrected chi connectivity index (χ0v) is 18.9. The van der Waals surface area contributed by atoms with Gasteiger partial charge in [-0.05, 0) is 43.2 Å². The summed E-state index contributed by atoms with van der Waals surface area (Å²) in [5, 5.41) is 24.1. The molecule has 0 amide bonds. The molecule has 8 rings (SSSR count). The number of aliphatic hydroxyl groups is 2. The minimum absolute atomic E-state index is 0.169. The van der Waals surface area contributed by atoms with E-state index in [1.165, 1.54) is 17.7 Å². The maximum Gasteiger partial charge on any atom is 0.194 e. The van der Waals surface area contributed by atoms with Crippen molar-refractivity contribution in [3.05, 3.63) is 29.8 Å². The van der Waals surface area contributed by atoms with E-state index >= 15 is 0 Å². The van der Waals surface area contributed by atoms with Gasteiger partial charge in [-0.2, -0.15) is 0 Å². The normalized spacial score (nSPS) is 53.7. The van der Waals surface area contributed by atoms with Crippen molar-refractivity contribution >= 4 is 5.69 Å². The Bertz CT molecular complexity index is 902. The van der Waals surface area contributed by atoms with Crippen molar-refractivity contribution in [2.24, 2.45) is 17.8 Å². The van der Waals surface area contributed by atoms with Gasteiger partial charge >= 0.3 is 0 Å². The van der Waals surface area contributed by atoms with Crippen molar-refractivity contribution in [2.45, 2.75) is 87.4 Å². The summed E-state index contributed by atoms with van der Waals surface area (Å²) in [5.41, 5.74) is 2.49. The molecule has 5 bridgehead atoms. The molecule has 6 fully saturated rings. The van der Waals surface area contributed by atoms with E-state index in [1.807, 2.05) is 0 Å². The molecule has 1 aliphatic carbocycles. The van der Waals surface area contributed by atoms with Gasteiger partial charge in [0.2, 0.25) is 0 Å². The summed E-state index contributed by atoms with van der Waals surface area (Å²) in [6, 6.07) is 9.80. The van der Waals surface area contributed by atoms with Crippen LogP contribution in [0.15, 0.2) is 24.3 Å². The smallest absolute Gasteiger partial charge is 0.194 e. The van der Waals surface area contributed by atoms with Gasteiger partial charge in [-0.1, -0.05) is 25.1 Å². The van der Waals surface area contributed by atoms with E-state index in [4.69, 9.17) is 4.74 Å². The second-order valence-corrected chi connectivity index (χ2v) is 11.5. The van der Waals surface area contributed by atoms with Gasteiger partial charge in [0.25, 0.3) is 0 Å². The highest BCUT2D eigenvalue weighted by Crippen LogP contribution is 2.71. The van der Waals surface area contributed by atoms with E-state index in [2.05, 4.69) is 43.1 Å². The van der Waals surface area contributed by atoms with Crippen LogP contribution in [0.3, 0.4) is 0 Å². The number of piperidine rings is 4. The number of hydrogen-bond donors (Lipinski definition) is 2. The highest BCUT2D eigenvalue weighted by molar-refractivity contribution is 5.66. The Labute approximate surface area is 185 Å². The van der Waals surface area contributed by atoms with Gasteiger partial charge in [0.1, 0.15) is 18.7 Å². The van der Waals surface area contributed by atoms with E-state index in [9.17, 15) is 10.2 Å². The largest absolute Gasteiger partial charge is 0.392 e. The van der Waals surface area contributed by atoms with Crippen LogP contribution in [0.1, 0.15) is 51.0 Å². The summed E-state index contributed by atoms with van der Waals surface area (Å²) in [7, 11) is 2.24. The Hall–Kier alpha value is -1.14. The van der Waals surface area contributed by atoms with E-state index in [0.717, 1.165) is 49.7 Å². The van der Waals surface area contributed by atoms with E-state index in [0.29, 0.717) is 29.8 Å². The number of benzene rings is 1. The Kier molecular flexibility index (Phi) is 3.90. The van der Waals surface area contributed by atoms with Gasteiger partial charge in [0.15, 0.2) is 6.23 Å². The fraction of sp³-hybridized carbons (Fsp3) is 0.769. The lowest BCUT2D eigenvalue weighted by Crippen LogP contribution is -2.83. The zero-order chi connectivity index (χ0) is 21.1. The molecule has 31 heavy (non-hydrogen) atoms. The average Bonchev–Trinajstić information content (AvgIpc) is 3.18. The Balaban J connectivity index is 1.42. The first-order valence-electron chi connectivity index (χ1n) is 12.7. The molecule has 7 aliphatic rings. The molecule has 5 heteroatoms. The fourth-order valence-electron chi connectivity index (χ4n) is 10.1. The molecule has 5 saturated heterocycles. The number of hydrogen-bond acceptors (Lipinski definition) is 4. The maximum absolute atomic E-state index is 12.1. The first-order valence-corrected chi connectivity index (χ1v) is 12.7. The number of likely N-dealkylation sites (N-methyl/N-ethyl adjacent to an activating group) is 1. The third-order valence-electron chi connectivity index (χ3n) is 10.9. The SMILES string of the molecule is CC[C@H]1[C@@H]2C[C@H]3[C@@H]4N(C)c5ccccc5[C@@]45C[C@@H]([C@@H]2[C@@H]5O)[N+]3(C[C@@H]2CCCCO2)[C@@H]1O. The third-order valence-corrected chi connectivity index (χ3v) is 10.9. The van der Waals surface area contributed by atoms with Crippen LogP contribution in [0.4, 0.5) is 5.69 Å². The molecular formula is C26H37N2O3+. The Morgan fingerprint density at radius 2 is 2.03 bits per heavy atom. The number of anilines is 1. The highest BCUT2D eigenvalue weighted by atomic mass is 16.5. The lowest BCUT2D eigenvalue weighted by Gasteiger charge is -2.68. The molecule has 0 aromatic heterocycles. The number of nitrogens with zero attached hydrogens (tertiary/aromatic N) is 2. The van der Waals surface area contributed by atoms with Crippen molar-refractivity contribution in [2.75, 3.05) is 25.1 Å². The summed E-state index contributed by atoms with van der Waals surface area (Å²) in [5.74, 6) is 1.05. The van der Waals surface area contributed by atoms with Crippen molar-refractivity contribution < 1.29 is 19.4 Å². The number of ether oxygens (including phenoxy) is 1. The van der Waals surface area contributed by atoms with E-state index < -0.39 is 0 Å². The summed E-state index contributed by atoms with van der Waals surface area (Å²) in [4.78, 5) is 2.48. The summed E-state index contributed by atoms with van der Waals surface area (Å²) < 4.78 is 7.08. The van der Waals surface area contributed by atoms with Crippen LogP contribution in [0.25, 0.3) is 0 Å². The topological polar surface area (TPSA) is 52.9 Å². The number of aliphatic hydroxyl groups excluding tert-OH is 2. The van der Waals surface area contributed by atoms with Crippen LogP contribution >= 0.6 is 0 Å². The monoisotopic (exact) mass is 425 g/mol. The molecule has 5 nitrogen and oxygen atoms in total. The number of rotatable bonds is 3. The molecule has 1 saturated carbocycles. The van der Waals surface area contributed by atoms with E-state index in [-0.39, 0.29) is 29.9 Å². The highest BCUT2D eigenvalue weighted by Gasteiger charge is 2.83. The maximum atomic E-state index is 12.1. The van der Waals surface area contributed by atoms with Gasteiger partial charge in [0.05, 0.1) is 23.6 Å². The predicted octanol–water partition coefficient (Wildman–Crippen LogP) is 2.64. The first-order chi connectivity index (χ1) is 15.1. The lowest BCUT2D eigenvalue weighted by atomic mass is 9.60. The van der Waals surface area contributed by atoms with Crippen LogP contribution in [0, 0.1) is 17.8 Å². The summed E-state index contributed by atoms with van der Waals surface area (Å²) in [6.07, 6.45) is 6.30. The number of para-hydroxylation sites is 1. The molecule has 1 spiro atoms. The van der Waals surface area contributed by atoms with Crippen LogP contribution in [0.2, 0.25) is 0 Å². The standard InChI is InChI=1S/C26H37N2O3/c1-3-16-17-12-20-23-26(18-9-4-5-10-19(18)27(23)2)13-21(22(17)24(26)29)28(20,25(16)30)14-15-8-6-7-11-31-15/h4-5,9-10,15-17,20-25,29-30H,3,6-8,11-14H2,1-2H3/q+1/t15-,16-,17-,20-,21-,22+,23-,24-,25+,26-,28?/m0/s1. The van der Waals surface area contributed by atoms with Crippen molar-refractivity contribution in [3.8, 4) is 0 Å². The molecule has 6 aliphatic heterocycles. The van der Waals surface area contributed by atoms with Crippen LogP contribution < -0.4 is 4.90 Å². The Morgan fingerprint density at radius 3 is 2.81 bits per heavy atom. The number of quaternary nitrogens is 1. The van der Waals surface area contributed by atoms with E-state index in [1.54, 1.807) is 0 Å². The molecule has 11 atom stereocenters. The third kappa shape index (κ3) is 2.01. The Morgan fingerprint density at radius 1 is 1.19 bits per heavy atom. The second kappa shape index (κ2) is 6.25. The average molecular weight is 426 g/mol. The van der Waals surface area contributed by atoms with Crippen molar-refractivity contribution in [3.63, 3.8) is 0 Å². The molecule has 0 radical (unpaired) electrons. The van der Waals surface area contributed by atoms with Gasteiger partial charge in [-0.15, -0.1) is 0 Å². The first kappa shape index (κ1) is 19.3. The second-order valence-electron chi connectivity index (χ2n) is 11.5. The van der Waals surface area contributed by atoms with Gasteiger partial charge in [0, 0.05) is 44.0 Å². The van der Waals surface area contributed by atoms with Crippen molar-refractivity contribution in [1.29, 1.82) is 0 Å². The van der Waals surface area contributed by atoms with Crippen LogP contribution in [0.5, 0.6) is 0 Å². The van der Waals surface area contributed by atoms with Gasteiger partial charge < -0.3 is 19.8 Å². The van der Waals surface area contributed by atoms with Crippen LogP contribution in [-0.4, -0.2) is 71.5 Å². The van der Waals surface area contributed by atoms with Gasteiger partial charge in [-0.25, -0.2) is 0 Å². The molecule has 1 unspecified atom stereocenters. The van der Waals surface area contributed by atoms with Crippen LogP contribution in [-0.2, 0) is 10.2 Å². The summed E-state index contributed by atoms with van der Waals surface area (Å²) in [6.45, 7) is 4.03. The molecule has 1 aromatic rings. The quantitative estimate of drug-likeness (QED) is 0.731. The molecule has 6 heterocycles. The van der Waals surface area contributed by atoms with Crippen molar-refractivity contribution in [1.82, 2.24) is 0 Å². The lowest BCUT2D eigenvalue weighted by molar-refractivity contribution is -1.04. The van der Waals surface area contributed by atoms with Gasteiger partial charge in [-0.3, -0.25) is 4.48 Å². The molecular weight excluding hydrogens is 388 g/mol. The number of fused-ring (bicyclic) bond motifs is 2. The summed E-state index contributed by atoms with van der Waals surface area (Å²) >= 11 is 0. The molecule has 1 aromatic carbocycles. The molecule has 168 valence electrons. The zero-order valence-electron chi connectivity index (χ0n) is 18.9. The minimum atomic E-state index is -0.319. The minimum Gasteiger partial charge on any atom is -0.392 e. The molecule has 2 N–H and O–H groups in total. The predicted molar refractivity (Wildman–Crippen MR) is 119 cm³/mol. The fourth-order valence-corrected chi connectivity index (χ4v) is 10.1.